The molecule has 0 saturated carbocycles. The molecule has 0 unspecified atom stereocenters. The SMILES string of the molecule is CC(C)(C)N(O)CCN. The first-order valence-electron chi connectivity index (χ1n) is 3.15. The van der Waals surface area contributed by atoms with E-state index in [9.17, 15) is 0 Å². The molecule has 0 radical (unpaired) electrons. The van der Waals surface area contributed by atoms with Gasteiger partial charge in [-0.15, -0.1) is 0 Å². The Morgan fingerprint density at radius 1 is 1.44 bits per heavy atom. The largest absolute Gasteiger partial charge is 0.329 e. The summed E-state index contributed by atoms with van der Waals surface area (Å²) in [6, 6.07) is 0. The molecule has 0 fully saturated rings. The van der Waals surface area contributed by atoms with Gasteiger partial charge in [0.2, 0.25) is 0 Å². The highest BCUT2D eigenvalue weighted by Gasteiger charge is 2.17. The Bertz CT molecular complexity index is 77.6. The molecule has 0 saturated heterocycles. The van der Waals surface area contributed by atoms with Gasteiger partial charge < -0.3 is 10.9 Å². The summed E-state index contributed by atoms with van der Waals surface area (Å²) in [4.78, 5) is 0. The summed E-state index contributed by atoms with van der Waals surface area (Å²) in [5, 5.41) is 10.4. The standard InChI is InChI=1S/C6H16N2O/c1-6(2,3)8(9)5-4-7/h9H,4-5,7H2,1-3H3. The Labute approximate surface area is 56.4 Å². The minimum Gasteiger partial charge on any atom is -0.329 e. The number of hydroxylamine groups is 2. The van der Waals surface area contributed by atoms with Crippen LogP contribution in [0.25, 0.3) is 0 Å². The first-order chi connectivity index (χ1) is 3.98. The summed E-state index contributed by atoms with van der Waals surface area (Å²) >= 11 is 0. The fourth-order valence-electron chi connectivity index (χ4n) is 0.458. The van der Waals surface area contributed by atoms with Crippen molar-refractivity contribution in [3.8, 4) is 0 Å². The van der Waals surface area contributed by atoms with Crippen molar-refractivity contribution in [1.29, 1.82) is 0 Å². The van der Waals surface area contributed by atoms with Crippen molar-refractivity contribution in [2.75, 3.05) is 13.1 Å². The molecule has 0 spiro atoms. The van der Waals surface area contributed by atoms with Gasteiger partial charge in [0.25, 0.3) is 0 Å². The van der Waals surface area contributed by atoms with Crippen LogP contribution in [0.5, 0.6) is 0 Å². The fraction of sp³-hybridized carbons (Fsp3) is 1.00. The molecule has 0 aromatic rings. The molecule has 9 heavy (non-hydrogen) atoms. The van der Waals surface area contributed by atoms with Crippen LogP contribution in [-0.4, -0.2) is 28.9 Å². The van der Waals surface area contributed by atoms with Crippen LogP contribution in [0.2, 0.25) is 0 Å². The molecular weight excluding hydrogens is 116 g/mol. The Morgan fingerprint density at radius 3 is 2.00 bits per heavy atom. The van der Waals surface area contributed by atoms with Crippen molar-refractivity contribution in [3.63, 3.8) is 0 Å². The molecule has 0 aliphatic heterocycles. The lowest BCUT2D eigenvalue weighted by atomic mass is 10.1. The number of hydrogen-bond acceptors (Lipinski definition) is 3. The zero-order valence-corrected chi connectivity index (χ0v) is 6.39. The molecule has 0 atom stereocenters. The molecular formula is C6H16N2O. The quantitative estimate of drug-likeness (QED) is 0.536. The number of rotatable bonds is 2. The highest BCUT2D eigenvalue weighted by Crippen LogP contribution is 2.07. The predicted molar refractivity (Wildman–Crippen MR) is 37.3 cm³/mol. The molecule has 3 heteroatoms. The third-order valence-corrected chi connectivity index (χ3v) is 1.12. The lowest BCUT2D eigenvalue weighted by Gasteiger charge is -2.28. The van der Waals surface area contributed by atoms with E-state index in [0.717, 1.165) is 0 Å². The summed E-state index contributed by atoms with van der Waals surface area (Å²) < 4.78 is 0. The number of nitrogens with two attached hydrogens (primary N) is 1. The number of nitrogens with zero attached hydrogens (tertiary/aromatic N) is 1. The maximum atomic E-state index is 9.14. The van der Waals surface area contributed by atoms with Crippen molar-refractivity contribution in [2.24, 2.45) is 5.73 Å². The monoisotopic (exact) mass is 132 g/mol. The smallest absolute Gasteiger partial charge is 0.0376 e. The van der Waals surface area contributed by atoms with E-state index in [1.54, 1.807) is 0 Å². The van der Waals surface area contributed by atoms with Gasteiger partial charge in [-0.1, -0.05) is 0 Å². The van der Waals surface area contributed by atoms with Crippen molar-refractivity contribution < 1.29 is 5.21 Å². The van der Waals surface area contributed by atoms with Crippen LogP contribution in [0.4, 0.5) is 0 Å². The van der Waals surface area contributed by atoms with Gasteiger partial charge in [-0.2, -0.15) is 5.06 Å². The third-order valence-electron chi connectivity index (χ3n) is 1.12. The molecule has 0 amide bonds. The van der Waals surface area contributed by atoms with Gasteiger partial charge >= 0.3 is 0 Å². The lowest BCUT2D eigenvalue weighted by molar-refractivity contribution is -0.153. The first kappa shape index (κ1) is 8.88. The fourth-order valence-corrected chi connectivity index (χ4v) is 0.458. The molecule has 3 nitrogen and oxygen atoms in total. The van der Waals surface area contributed by atoms with Crippen LogP contribution in [0.15, 0.2) is 0 Å². The zero-order valence-electron chi connectivity index (χ0n) is 6.39. The second-order valence-electron chi connectivity index (χ2n) is 3.08. The van der Waals surface area contributed by atoms with E-state index in [1.165, 1.54) is 5.06 Å². The average Bonchev–Trinajstić information content (AvgIpc) is 1.64. The van der Waals surface area contributed by atoms with Crippen molar-refractivity contribution >= 4 is 0 Å². The van der Waals surface area contributed by atoms with Crippen molar-refractivity contribution in [3.05, 3.63) is 0 Å². The van der Waals surface area contributed by atoms with Gasteiger partial charge in [0.05, 0.1) is 0 Å². The summed E-state index contributed by atoms with van der Waals surface area (Å²) in [6.45, 7) is 6.82. The average molecular weight is 132 g/mol. The van der Waals surface area contributed by atoms with Crippen LogP contribution in [0.3, 0.4) is 0 Å². The van der Waals surface area contributed by atoms with E-state index in [4.69, 9.17) is 10.9 Å². The molecule has 56 valence electrons. The van der Waals surface area contributed by atoms with Gasteiger partial charge in [0.1, 0.15) is 0 Å². The topological polar surface area (TPSA) is 49.5 Å². The van der Waals surface area contributed by atoms with Gasteiger partial charge in [-0.25, -0.2) is 0 Å². The van der Waals surface area contributed by atoms with E-state index < -0.39 is 0 Å². The van der Waals surface area contributed by atoms with E-state index in [2.05, 4.69) is 0 Å². The van der Waals surface area contributed by atoms with Crippen molar-refractivity contribution in [2.45, 2.75) is 26.3 Å². The molecule has 0 rings (SSSR count). The van der Waals surface area contributed by atoms with Crippen LogP contribution in [-0.2, 0) is 0 Å². The molecule has 0 aliphatic rings. The molecule has 0 aromatic carbocycles. The highest BCUT2D eigenvalue weighted by atomic mass is 16.5. The Balaban J connectivity index is 3.59. The number of hydrogen-bond donors (Lipinski definition) is 2. The van der Waals surface area contributed by atoms with Crippen LogP contribution in [0, 0.1) is 0 Å². The highest BCUT2D eigenvalue weighted by molar-refractivity contribution is 4.68. The maximum Gasteiger partial charge on any atom is 0.0376 e. The van der Waals surface area contributed by atoms with Crippen LogP contribution in [0.1, 0.15) is 20.8 Å². The minimum atomic E-state index is -0.181. The van der Waals surface area contributed by atoms with E-state index in [-0.39, 0.29) is 5.54 Å². The molecule has 3 N–H and O–H groups in total. The molecule has 0 heterocycles. The van der Waals surface area contributed by atoms with E-state index in [0.29, 0.717) is 13.1 Å². The summed E-state index contributed by atoms with van der Waals surface area (Å²) in [5.41, 5.74) is 5.04. The summed E-state index contributed by atoms with van der Waals surface area (Å²) in [6.07, 6.45) is 0. The van der Waals surface area contributed by atoms with Gasteiger partial charge in [-0.05, 0) is 20.8 Å². The lowest BCUT2D eigenvalue weighted by Crippen LogP contribution is -2.41. The normalized spacial score (nSPS) is 12.7. The predicted octanol–water partition coefficient (Wildman–Crippen LogP) is 0.435. The third kappa shape index (κ3) is 3.46. The van der Waals surface area contributed by atoms with Gasteiger partial charge in [0, 0.05) is 18.6 Å². The summed E-state index contributed by atoms with van der Waals surface area (Å²) in [7, 11) is 0. The van der Waals surface area contributed by atoms with Crippen LogP contribution >= 0.6 is 0 Å². The summed E-state index contributed by atoms with van der Waals surface area (Å²) in [5.74, 6) is 0. The zero-order chi connectivity index (χ0) is 7.49. The Hall–Kier alpha value is -0.120. The van der Waals surface area contributed by atoms with Crippen LogP contribution < -0.4 is 5.73 Å². The Morgan fingerprint density at radius 2 is 1.89 bits per heavy atom. The first-order valence-corrected chi connectivity index (χ1v) is 3.15. The second-order valence-corrected chi connectivity index (χ2v) is 3.08. The minimum absolute atomic E-state index is 0.181. The molecule has 0 aromatic heterocycles. The Kier molecular flexibility index (Phi) is 3.11. The van der Waals surface area contributed by atoms with E-state index >= 15 is 0 Å². The maximum absolute atomic E-state index is 9.14. The molecule has 0 bridgehead atoms. The second kappa shape index (κ2) is 3.15. The van der Waals surface area contributed by atoms with Gasteiger partial charge in [0.15, 0.2) is 0 Å². The van der Waals surface area contributed by atoms with E-state index in [1.807, 2.05) is 20.8 Å². The van der Waals surface area contributed by atoms with Gasteiger partial charge in [-0.3, -0.25) is 0 Å². The molecule has 0 aliphatic carbocycles. The van der Waals surface area contributed by atoms with Crippen molar-refractivity contribution in [1.82, 2.24) is 5.06 Å².